The average Bonchev–Trinajstić information content (AvgIpc) is 2.57. The molecular formula is C13H26N2O2. The summed E-state index contributed by atoms with van der Waals surface area (Å²) in [5.74, 6) is 0.499. The lowest BCUT2D eigenvalue weighted by Gasteiger charge is -2.33. The highest BCUT2D eigenvalue weighted by atomic mass is 16.5. The zero-order valence-electron chi connectivity index (χ0n) is 10.9. The molecule has 0 bridgehead atoms. The summed E-state index contributed by atoms with van der Waals surface area (Å²) in [5, 5.41) is 0. The van der Waals surface area contributed by atoms with Crippen LogP contribution in [-0.2, 0) is 9.47 Å². The Bertz CT molecular complexity index is 225. The number of hydrogen-bond donors (Lipinski definition) is 1. The molecule has 0 saturated carbocycles. The highest BCUT2D eigenvalue weighted by molar-refractivity contribution is 4.81. The zero-order chi connectivity index (χ0) is 12.1. The molecule has 4 heteroatoms. The Hall–Kier alpha value is -0.160. The lowest BCUT2D eigenvalue weighted by atomic mass is 9.96. The van der Waals surface area contributed by atoms with Gasteiger partial charge in [-0.2, -0.15) is 0 Å². The molecule has 2 aliphatic rings. The molecule has 2 heterocycles. The van der Waals surface area contributed by atoms with Gasteiger partial charge in [0.25, 0.3) is 0 Å². The van der Waals surface area contributed by atoms with Gasteiger partial charge in [-0.05, 0) is 19.3 Å². The second-order valence-electron chi connectivity index (χ2n) is 5.30. The van der Waals surface area contributed by atoms with Crippen molar-refractivity contribution < 1.29 is 9.47 Å². The Kier molecular flexibility index (Phi) is 5.22. The number of ether oxygens (including phenoxy) is 2. The van der Waals surface area contributed by atoms with Gasteiger partial charge in [-0.25, -0.2) is 0 Å². The summed E-state index contributed by atoms with van der Waals surface area (Å²) >= 11 is 0. The lowest BCUT2D eigenvalue weighted by Crippen LogP contribution is -2.46. The molecule has 2 N–H and O–H groups in total. The maximum Gasteiger partial charge on any atom is 0.0699 e. The molecule has 2 rings (SSSR count). The van der Waals surface area contributed by atoms with Crippen molar-refractivity contribution in [1.82, 2.24) is 4.90 Å². The Morgan fingerprint density at radius 2 is 2.24 bits per heavy atom. The third-order valence-corrected chi connectivity index (χ3v) is 3.92. The van der Waals surface area contributed by atoms with Crippen molar-refractivity contribution in [1.29, 1.82) is 0 Å². The largest absolute Gasteiger partial charge is 0.381 e. The minimum Gasteiger partial charge on any atom is -0.381 e. The normalized spacial score (nSPS) is 36.7. The van der Waals surface area contributed by atoms with Gasteiger partial charge in [0.15, 0.2) is 0 Å². The first-order valence-corrected chi connectivity index (χ1v) is 6.97. The van der Waals surface area contributed by atoms with Crippen molar-refractivity contribution in [3.8, 4) is 0 Å². The average molecular weight is 242 g/mol. The Morgan fingerprint density at radius 3 is 3.00 bits per heavy atom. The summed E-state index contributed by atoms with van der Waals surface area (Å²) in [4.78, 5) is 2.51. The molecule has 0 aliphatic carbocycles. The number of nitrogens with two attached hydrogens (primary N) is 1. The van der Waals surface area contributed by atoms with Crippen LogP contribution in [0.3, 0.4) is 0 Å². The van der Waals surface area contributed by atoms with Crippen molar-refractivity contribution in [3.05, 3.63) is 0 Å². The molecular weight excluding hydrogens is 216 g/mol. The SMILES string of the molecule is CCC1CN(CC2COCCC2N)CCCO1. The van der Waals surface area contributed by atoms with E-state index < -0.39 is 0 Å². The summed E-state index contributed by atoms with van der Waals surface area (Å²) in [5.41, 5.74) is 6.16. The molecule has 3 unspecified atom stereocenters. The first-order chi connectivity index (χ1) is 8.29. The van der Waals surface area contributed by atoms with E-state index in [1.54, 1.807) is 0 Å². The molecule has 100 valence electrons. The van der Waals surface area contributed by atoms with Gasteiger partial charge in [0.2, 0.25) is 0 Å². The predicted molar refractivity (Wildman–Crippen MR) is 68.0 cm³/mol. The van der Waals surface area contributed by atoms with Gasteiger partial charge >= 0.3 is 0 Å². The van der Waals surface area contributed by atoms with Crippen LogP contribution in [0.15, 0.2) is 0 Å². The first kappa shape index (κ1) is 13.3. The van der Waals surface area contributed by atoms with E-state index in [0.717, 1.165) is 58.7 Å². The van der Waals surface area contributed by atoms with Crippen LogP contribution in [0.5, 0.6) is 0 Å². The first-order valence-electron chi connectivity index (χ1n) is 6.97. The van der Waals surface area contributed by atoms with Gasteiger partial charge in [0, 0.05) is 44.8 Å². The van der Waals surface area contributed by atoms with Crippen LogP contribution < -0.4 is 5.73 Å². The van der Waals surface area contributed by atoms with E-state index in [1.165, 1.54) is 0 Å². The van der Waals surface area contributed by atoms with Crippen molar-refractivity contribution in [3.63, 3.8) is 0 Å². The third-order valence-electron chi connectivity index (χ3n) is 3.92. The number of nitrogens with zero attached hydrogens (tertiary/aromatic N) is 1. The van der Waals surface area contributed by atoms with E-state index in [0.29, 0.717) is 18.1 Å². The predicted octanol–water partition coefficient (Wildman–Crippen LogP) is 0.851. The minimum absolute atomic E-state index is 0.313. The molecule has 4 nitrogen and oxygen atoms in total. The van der Waals surface area contributed by atoms with Crippen LogP contribution in [0, 0.1) is 5.92 Å². The van der Waals surface area contributed by atoms with Gasteiger partial charge in [0.05, 0.1) is 12.7 Å². The van der Waals surface area contributed by atoms with Gasteiger partial charge in [0.1, 0.15) is 0 Å². The molecule has 2 fully saturated rings. The fourth-order valence-corrected chi connectivity index (χ4v) is 2.72. The molecule has 0 aromatic heterocycles. The molecule has 3 atom stereocenters. The minimum atomic E-state index is 0.313. The summed E-state index contributed by atoms with van der Waals surface area (Å²) in [6, 6.07) is 0.313. The van der Waals surface area contributed by atoms with Crippen molar-refractivity contribution in [2.75, 3.05) is 39.5 Å². The maximum absolute atomic E-state index is 6.16. The second kappa shape index (κ2) is 6.69. The van der Waals surface area contributed by atoms with Gasteiger partial charge in [-0.15, -0.1) is 0 Å². The van der Waals surface area contributed by atoms with E-state index in [-0.39, 0.29) is 0 Å². The standard InChI is InChI=1S/C13H26N2O2/c1-2-12-9-15(5-3-6-17-12)8-11-10-16-7-4-13(11)14/h11-13H,2-10,14H2,1H3. The third kappa shape index (κ3) is 3.91. The molecule has 0 aromatic carbocycles. The topological polar surface area (TPSA) is 47.7 Å². The highest BCUT2D eigenvalue weighted by Crippen LogP contribution is 2.17. The molecule has 0 radical (unpaired) electrons. The van der Waals surface area contributed by atoms with Crippen molar-refractivity contribution in [2.45, 2.75) is 38.3 Å². The summed E-state index contributed by atoms with van der Waals surface area (Å²) in [7, 11) is 0. The van der Waals surface area contributed by atoms with Crippen molar-refractivity contribution >= 4 is 0 Å². The van der Waals surface area contributed by atoms with E-state index in [2.05, 4.69) is 11.8 Å². The van der Waals surface area contributed by atoms with Crippen LogP contribution >= 0.6 is 0 Å². The molecule has 2 aliphatic heterocycles. The molecule has 2 saturated heterocycles. The van der Waals surface area contributed by atoms with Gasteiger partial charge in [-0.1, -0.05) is 6.92 Å². The fraction of sp³-hybridized carbons (Fsp3) is 1.00. The lowest BCUT2D eigenvalue weighted by molar-refractivity contribution is 0.0165. The molecule has 0 spiro atoms. The monoisotopic (exact) mass is 242 g/mol. The maximum atomic E-state index is 6.16. The van der Waals surface area contributed by atoms with Crippen LogP contribution in [0.2, 0.25) is 0 Å². The molecule has 0 amide bonds. The number of rotatable bonds is 3. The highest BCUT2D eigenvalue weighted by Gasteiger charge is 2.26. The Labute approximate surface area is 104 Å². The summed E-state index contributed by atoms with van der Waals surface area (Å²) in [6.45, 7) is 8.03. The van der Waals surface area contributed by atoms with Crippen molar-refractivity contribution in [2.24, 2.45) is 11.7 Å². The second-order valence-corrected chi connectivity index (χ2v) is 5.30. The van der Waals surface area contributed by atoms with Crippen LogP contribution in [0.4, 0.5) is 0 Å². The molecule has 0 aromatic rings. The summed E-state index contributed by atoms with van der Waals surface area (Å²) < 4.78 is 11.3. The van der Waals surface area contributed by atoms with Gasteiger partial charge < -0.3 is 20.1 Å². The van der Waals surface area contributed by atoms with E-state index in [4.69, 9.17) is 15.2 Å². The van der Waals surface area contributed by atoms with Crippen LogP contribution in [-0.4, -0.2) is 56.5 Å². The number of hydrogen-bond acceptors (Lipinski definition) is 4. The van der Waals surface area contributed by atoms with Crippen LogP contribution in [0.25, 0.3) is 0 Å². The van der Waals surface area contributed by atoms with E-state index in [9.17, 15) is 0 Å². The van der Waals surface area contributed by atoms with Crippen LogP contribution in [0.1, 0.15) is 26.2 Å². The van der Waals surface area contributed by atoms with E-state index >= 15 is 0 Å². The smallest absolute Gasteiger partial charge is 0.0699 e. The quantitative estimate of drug-likeness (QED) is 0.797. The Balaban J connectivity index is 1.83. The summed E-state index contributed by atoms with van der Waals surface area (Å²) in [6.07, 6.45) is 3.65. The zero-order valence-corrected chi connectivity index (χ0v) is 10.9. The molecule has 17 heavy (non-hydrogen) atoms. The van der Waals surface area contributed by atoms with E-state index in [1.807, 2.05) is 0 Å². The fourth-order valence-electron chi connectivity index (χ4n) is 2.72. The Morgan fingerprint density at radius 1 is 1.35 bits per heavy atom. The van der Waals surface area contributed by atoms with Gasteiger partial charge in [-0.3, -0.25) is 0 Å².